The van der Waals surface area contributed by atoms with Crippen LogP contribution in [0.2, 0.25) is 0 Å². The molecule has 0 aliphatic carbocycles. The van der Waals surface area contributed by atoms with Crippen LogP contribution in [0.3, 0.4) is 0 Å². The molecule has 1 aliphatic heterocycles. The zero-order valence-corrected chi connectivity index (χ0v) is 12.3. The highest BCUT2D eigenvalue weighted by atomic mass is 16.3. The minimum Gasteiger partial charge on any atom is -0.392 e. The molecule has 2 aromatic rings. The van der Waals surface area contributed by atoms with Gasteiger partial charge >= 0.3 is 0 Å². The van der Waals surface area contributed by atoms with Crippen LogP contribution < -0.4 is 5.32 Å². The summed E-state index contributed by atoms with van der Waals surface area (Å²) in [5.74, 6) is 0. The van der Waals surface area contributed by atoms with Crippen molar-refractivity contribution in [1.82, 2.24) is 5.32 Å². The van der Waals surface area contributed by atoms with E-state index in [0.717, 1.165) is 18.5 Å². The van der Waals surface area contributed by atoms with Gasteiger partial charge in [0.2, 0.25) is 0 Å². The van der Waals surface area contributed by atoms with E-state index < -0.39 is 0 Å². The lowest BCUT2D eigenvalue weighted by molar-refractivity contribution is 0.280. The second-order valence-electron chi connectivity index (χ2n) is 5.59. The predicted octanol–water partition coefficient (Wildman–Crippen LogP) is 3.39. The predicted molar refractivity (Wildman–Crippen MR) is 87.0 cm³/mol. The van der Waals surface area contributed by atoms with E-state index in [4.69, 9.17) is 0 Å². The number of aryl methyl sites for hydroxylation is 1. The van der Waals surface area contributed by atoms with Gasteiger partial charge in [-0.15, -0.1) is 0 Å². The molecule has 0 fully saturated rings. The monoisotopic (exact) mass is 279 g/mol. The number of nitrogens with one attached hydrogen (secondary N) is 1. The number of aliphatic hydroxyl groups excluding tert-OH is 1. The van der Waals surface area contributed by atoms with Crippen LogP contribution in [-0.4, -0.2) is 11.7 Å². The quantitative estimate of drug-likeness (QED) is 0.902. The number of hydrogen-bond acceptors (Lipinski definition) is 2. The molecule has 108 valence electrons. The summed E-state index contributed by atoms with van der Waals surface area (Å²) in [6.45, 7) is 3.17. The fourth-order valence-corrected chi connectivity index (χ4v) is 2.92. The second-order valence-corrected chi connectivity index (χ2v) is 5.59. The molecule has 0 aromatic heterocycles. The first-order chi connectivity index (χ1) is 10.3. The van der Waals surface area contributed by atoms with Gasteiger partial charge in [-0.1, -0.05) is 54.6 Å². The lowest BCUT2D eigenvalue weighted by atomic mass is 9.90. The van der Waals surface area contributed by atoms with Crippen molar-refractivity contribution in [2.24, 2.45) is 0 Å². The Morgan fingerprint density at radius 2 is 2.05 bits per heavy atom. The summed E-state index contributed by atoms with van der Waals surface area (Å²) in [6, 6.07) is 14.9. The summed E-state index contributed by atoms with van der Waals surface area (Å²) in [5.41, 5.74) is 6.11. The van der Waals surface area contributed by atoms with Crippen LogP contribution in [-0.2, 0) is 13.0 Å². The molecular formula is C19H21NO. The van der Waals surface area contributed by atoms with E-state index in [1.165, 1.54) is 22.3 Å². The molecular weight excluding hydrogens is 258 g/mol. The third-order valence-electron chi connectivity index (χ3n) is 4.14. The zero-order chi connectivity index (χ0) is 14.7. The van der Waals surface area contributed by atoms with E-state index in [1.54, 1.807) is 0 Å². The van der Waals surface area contributed by atoms with E-state index in [-0.39, 0.29) is 12.6 Å². The Morgan fingerprint density at radius 3 is 2.81 bits per heavy atom. The molecule has 0 spiro atoms. The summed E-state index contributed by atoms with van der Waals surface area (Å²) < 4.78 is 0. The SMILES string of the molecule is Cc1cc2c(cc1CO)C(/C=C/c1ccccc1)NCC2. The highest BCUT2D eigenvalue weighted by molar-refractivity contribution is 5.52. The highest BCUT2D eigenvalue weighted by Crippen LogP contribution is 2.27. The Hall–Kier alpha value is -1.90. The van der Waals surface area contributed by atoms with E-state index in [2.05, 4.69) is 60.8 Å². The minimum absolute atomic E-state index is 0.105. The Labute approximate surface area is 126 Å². The van der Waals surface area contributed by atoms with Crippen molar-refractivity contribution in [3.05, 3.63) is 76.4 Å². The van der Waals surface area contributed by atoms with Crippen LogP contribution in [0.4, 0.5) is 0 Å². The van der Waals surface area contributed by atoms with Crippen LogP contribution in [0.1, 0.15) is 33.9 Å². The molecule has 1 unspecified atom stereocenters. The first kappa shape index (κ1) is 14.1. The van der Waals surface area contributed by atoms with Crippen molar-refractivity contribution in [3.63, 3.8) is 0 Å². The molecule has 0 bridgehead atoms. The van der Waals surface area contributed by atoms with Crippen LogP contribution in [0.25, 0.3) is 6.08 Å². The Balaban J connectivity index is 1.91. The second kappa shape index (κ2) is 6.25. The fraction of sp³-hybridized carbons (Fsp3) is 0.263. The van der Waals surface area contributed by atoms with E-state index >= 15 is 0 Å². The minimum atomic E-state index is 0.105. The van der Waals surface area contributed by atoms with Gasteiger partial charge < -0.3 is 10.4 Å². The largest absolute Gasteiger partial charge is 0.392 e. The summed E-state index contributed by atoms with van der Waals surface area (Å²) >= 11 is 0. The van der Waals surface area contributed by atoms with Crippen molar-refractivity contribution in [1.29, 1.82) is 0 Å². The smallest absolute Gasteiger partial charge is 0.0684 e. The third kappa shape index (κ3) is 3.07. The van der Waals surface area contributed by atoms with Gasteiger partial charge in [0.05, 0.1) is 12.6 Å². The topological polar surface area (TPSA) is 32.3 Å². The Kier molecular flexibility index (Phi) is 4.18. The summed E-state index contributed by atoms with van der Waals surface area (Å²) in [5, 5.41) is 13.0. The van der Waals surface area contributed by atoms with Crippen LogP contribution >= 0.6 is 0 Å². The summed E-state index contributed by atoms with van der Waals surface area (Å²) in [6.07, 6.45) is 5.42. The van der Waals surface area contributed by atoms with Crippen LogP contribution in [0.15, 0.2) is 48.5 Å². The maximum atomic E-state index is 9.48. The van der Waals surface area contributed by atoms with Gasteiger partial charge in [-0.3, -0.25) is 0 Å². The van der Waals surface area contributed by atoms with Crippen LogP contribution in [0.5, 0.6) is 0 Å². The van der Waals surface area contributed by atoms with Gasteiger partial charge in [0.15, 0.2) is 0 Å². The standard InChI is InChI=1S/C19H21NO/c1-14-11-16-9-10-20-19(18(16)12-17(14)13-21)8-7-15-5-3-2-4-6-15/h2-8,11-12,19-21H,9-10,13H2,1H3/b8-7+. The number of fused-ring (bicyclic) bond motifs is 1. The number of aliphatic hydroxyl groups is 1. The molecule has 2 nitrogen and oxygen atoms in total. The van der Waals surface area contributed by atoms with Gasteiger partial charge in [-0.05, 0) is 41.2 Å². The van der Waals surface area contributed by atoms with Crippen LogP contribution in [0, 0.1) is 6.92 Å². The van der Waals surface area contributed by atoms with Gasteiger partial charge in [0.25, 0.3) is 0 Å². The van der Waals surface area contributed by atoms with E-state index in [9.17, 15) is 5.11 Å². The maximum absolute atomic E-state index is 9.48. The summed E-state index contributed by atoms with van der Waals surface area (Å²) in [4.78, 5) is 0. The van der Waals surface area contributed by atoms with Gasteiger partial charge in [-0.2, -0.15) is 0 Å². The van der Waals surface area contributed by atoms with Crippen molar-refractivity contribution in [3.8, 4) is 0 Å². The van der Waals surface area contributed by atoms with Gasteiger partial charge in [-0.25, -0.2) is 0 Å². The summed E-state index contributed by atoms with van der Waals surface area (Å²) in [7, 11) is 0. The molecule has 0 saturated carbocycles. The van der Waals surface area contributed by atoms with Gasteiger partial charge in [0, 0.05) is 6.54 Å². The van der Waals surface area contributed by atoms with E-state index in [0.29, 0.717) is 0 Å². The zero-order valence-electron chi connectivity index (χ0n) is 12.3. The van der Waals surface area contributed by atoms with Crippen molar-refractivity contribution >= 4 is 6.08 Å². The maximum Gasteiger partial charge on any atom is 0.0684 e. The Bertz CT molecular complexity index is 646. The van der Waals surface area contributed by atoms with Gasteiger partial charge in [0.1, 0.15) is 0 Å². The third-order valence-corrected chi connectivity index (χ3v) is 4.14. The van der Waals surface area contributed by atoms with Crippen molar-refractivity contribution < 1.29 is 5.11 Å². The highest BCUT2D eigenvalue weighted by Gasteiger charge is 2.18. The molecule has 2 aromatic carbocycles. The molecule has 0 saturated heterocycles. The first-order valence-electron chi connectivity index (χ1n) is 7.47. The van der Waals surface area contributed by atoms with Crippen molar-refractivity contribution in [2.75, 3.05) is 6.54 Å². The van der Waals surface area contributed by atoms with E-state index in [1.807, 2.05) is 6.07 Å². The first-order valence-corrected chi connectivity index (χ1v) is 7.47. The van der Waals surface area contributed by atoms with Crippen molar-refractivity contribution in [2.45, 2.75) is 26.0 Å². The molecule has 2 N–H and O–H groups in total. The molecule has 1 aliphatic rings. The molecule has 1 atom stereocenters. The fourth-order valence-electron chi connectivity index (χ4n) is 2.92. The molecule has 0 amide bonds. The lowest BCUT2D eigenvalue weighted by Gasteiger charge is -2.26. The average Bonchev–Trinajstić information content (AvgIpc) is 2.53. The molecule has 21 heavy (non-hydrogen) atoms. The lowest BCUT2D eigenvalue weighted by Crippen LogP contribution is -2.28. The number of rotatable bonds is 3. The Morgan fingerprint density at radius 1 is 1.24 bits per heavy atom. The molecule has 1 heterocycles. The number of benzene rings is 2. The molecule has 2 heteroatoms. The molecule has 0 radical (unpaired) electrons. The normalized spacial score (nSPS) is 17.9. The molecule has 3 rings (SSSR count). The number of hydrogen-bond donors (Lipinski definition) is 2. The average molecular weight is 279 g/mol.